The van der Waals surface area contributed by atoms with Crippen LogP contribution in [0.4, 0.5) is 0 Å². The molecule has 0 saturated carbocycles. The van der Waals surface area contributed by atoms with E-state index >= 15 is 0 Å². The quantitative estimate of drug-likeness (QED) is 0.790. The molecule has 1 heterocycles. The molecule has 0 spiro atoms. The van der Waals surface area contributed by atoms with Crippen molar-refractivity contribution >= 4 is 11.0 Å². The summed E-state index contributed by atoms with van der Waals surface area (Å²) in [7, 11) is 0. The highest BCUT2D eigenvalue weighted by Crippen LogP contribution is 2.12. The van der Waals surface area contributed by atoms with Crippen LogP contribution in [0.5, 0.6) is 0 Å². The Bertz CT molecular complexity index is 562. The van der Waals surface area contributed by atoms with Gasteiger partial charge in [-0.05, 0) is 44.5 Å². The summed E-state index contributed by atoms with van der Waals surface area (Å²) in [5.74, 6) is 0. The number of hydrogen-bond acceptors (Lipinski definition) is 3. The van der Waals surface area contributed by atoms with Gasteiger partial charge < -0.3 is 10.3 Å². The van der Waals surface area contributed by atoms with E-state index in [1.54, 1.807) is 6.33 Å². The summed E-state index contributed by atoms with van der Waals surface area (Å²) in [6.45, 7) is 5.48. The second kappa shape index (κ2) is 5.19. The molecule has 1 aromatic heterocycles. The minimum atomic E-state index is -0.298. The Morgan fingerprint density at radius 1 is 1.44 bits per heavy atom. The van der Waals surface area contributed by atoms with E-state index in [1.807, 2.05) is 19.9 Å². The third-order valence-electron chi connectivity index (χ3n) is 2.94. The number of H-pyrrole nitrogens is 1. The first-order chi connectivity index (χ1) is 8.61. The van der Waals surface area contributed by atoms with Gasteiger partial charge in [-0.15, -0.1) is 0 Å². The zero-order chi connectivity index (χ0) is 13.0. The smallest absolute Gasteiger partial charge is 0.0931 e. The van der Waals surface area contributed by atoms with Crippen LogP contribution in [0.1, 0.15) is 19.4 Å². The van der Waals surface area contributed by atoms with E-state index in [1.165, 1.54) is 5.56 Å². The number of imidazole rings is 1. The fraction of sp³-hybridized carbons (Fsp3) is 0.429. The van der Waals surface area contributed by atoms with E-state index in [2.05, 4.69) is 33.5 Å². The number of aromatic amines is 1. The van der Waals surface area contributed by atoms with Crippen molar-refractivity contribution in [2.45, 2.75) is 20.3 Å². The third-order valence-corrected chi connectivity index (χ3v) is 2.94. The van der Waals surface area contributed by atoms with Crippen molar-refractivity contribution in [3.8, 4) is 6.07 Å². The van der Waals surface area contributed by atoms with Crippen LogP contribution in [-0.2, 0) is 6.42 Å². The number of rotatable bonds is 5. The fourth-order valence-electron chi connectivity index (χ4n) is 1.81. The van der Waals surface area contributed by atoms with E-state index < -0.39 is 0 Å². The SMILES string of the molecule is CC(C)(C#N)CNCCc1ccc2nc[nH]c2c1. The van der Waals surface area contributed by atoms with E-state index in [0.717, 1.165) is 30.5 Å². The van der Waals surface area contributed by atoms with Gasteiger partial charge in [0.1, 0.15) is 0 Å². The molecule has 0 saturated heterocycles. The number of nitrogens with one attached hydrogen (secondary N) is 2. The Balaban J connectivity index is 1.85. The minimum Gasteiger partial charge on any atom is -0.345 e. The molecular formula is C14H18N4. The highest BCUT2D eigenvalue weighted by Gasteiger charge is 2.15. The van der Waals surface area contributed by atoms with Gasteiger partial charge in [-0.3, -0.25) is 0 Å². The van der Waals surface area contributed by atoms with Crippen LogP contribution in [-0.4, -0.2) is 23.1 Å². The van der Waals surface area contributed by atoms with Crippen molar-refractivity contribution in [1.29, 1.82) is 5.26 Å². The molecule has 0 fully saturated rings. The van der Waals surface area contributed by atoms with Gasteiger partial charge in [-0.2, -0.15) is 5.26 Å². The molecule has 0 aliphatic heterocycles. The molecule has 94 valence electrons. The average Bonchev–Trinajstić information content (AvgIpc) is 2.82. The van der Waals surface area contributed by atoms with E-state index in [-0.39, 0.29) is 5.41 Å². The standard InChI is InChI=1S/C14H18N4/c1-14(2,8-15)9-16-6-5-11-3-4-12-13(7-11)18-10-17-12/h3-4,7,10,16H,5-6,9H2,1-2H3,(H,17,18). The number of hydrogen-bond donors (Lipinski definition) is 2. The Morgan fingerprint density at radius 2 is 2.28 bits per heavy atom. The molecule has 0 aliphatic rings. The molecule has 0 amide bonds. The van der Waals surface area contributed by atoms with Crippen LogP contribution in [0.3, 0.4) is 0 Å². The van der Waals surface area contributed by atoms with Gasteiger partial charge in [0, 0.05) is 6.54 Å². The van der Waals surface area contributed by atoms with Crippen molar-refractivity contribution in [1.82, 2.24) is 15.3 Å². The van der Waals surface area contributed by atoms with Gasteiger partial charge in [0.15, 0.2) is 0 Å². The van der Waals surface area contributed by atoms with Gasteiger partial charge >= 0.3 is 0 Å². The first kappa shape index (κ1) is 12.6. The van der Waals surface area contributed by atoms with Crippen molar-refractivity contribution < 1.29 is 0 Å². The third kappa shape index (κ3) is 3.08. The molecule has 18 heavy (non-hydrogen) atoms. The van der Waals surface area contributed by atoms with Crippen LogP contribution in [0, 0.1) is 16.7 Å². The van der Waals surface area contributed by atoms with Gasteiger partial charge in [0.2, 0.25) is 0 Å². The molecule has 2 rings (SSSR count). The van der Waals surface area contributed by atoms with Crippen molar-refractivity contribution in [2.75, 3.05) is 13.1 Å². The lowest BCUT2D eigenvalue weighted by atomic mass is 9.96. The summed E-state index contributed by atoms with van der Waals surface area (Å²) in [5, 5.41) is 12.2. The zero-order valence-electron chi connectivity index (χ0n) is 10.8. The summed E-state index contributed by atoms with van der Waals surface area (Å²) in [4.78, 5) is 7.30. The molecule has 0 aliphatic carbocycles. The lowest BCUT2D eigenvalue weighted by molar-refractivity contribution is 0.447. The zero-order valence-corrected chi connectivity index (χ0v) is 10.8. The summed E-state index contributed by atoms with van der Waals surface area (Å²) in [5.41, 5.74) is 3.05. The molecule has 4 heteroatoms. The average molecular weight is 242 g/mol. The van der Waals surface area contributed by atoms with Crippen molar-refractivity contribution in [3.63, 3.8) is 0 Å². The largest absolute Gasteiger partial charge is 0.345 e. The second-order valence-corrected chi connectivity index (χ2v) is 5.18. The van der Waals surface area contributed by atoms with Crippen LogP contribution in [0.25, 0.3) is 11.0 Å². The number of nitriles is 1. The molecule has 0 atom stereocenters. The van der Waals surface area contributed by atoms with Crippen LogP contribution in [0.2, 0.25) is 0 Å². The summed E-state index contributed by atoms with van der Waals surface area (Å²) < 4.78 is 0. The van der Waals surface area contributed by atoms with Gasteiger partial charge in [0.05, 0.1) is 28.8 Å². The molecule has 0 radical (unpaired) electrons. The maximum Gasteiger partial charge on any atom is 0.0931 e. The van der Waals surface area contributed by atoms with Crippen LogP contribution >= 0.6 is 0 Å². The maximum absolute atomic E-state index is 8.90. The predicted molar refractivity (Wildman–Crippen MR) is 72.1 cm³/mol. The minimum absolute atomic E-state index is 0.298. The molecular weight excluding hydrogens is 224 g/mol. The van der Waals surface area contributed by atoms with E-state index in [9.17, 15) is 0 Å². The first-order valence-corrected chi connectivity index (χ1v) is 6.15. The van der Waals surface area contributed by atoms with Gasteiger partial charge in [0.25, 0.3) is 0 Å². The maximum atomic E-state index is 8.90. The second-order valence-electron chi connectivity index (χ2n) is 5.18. The molecule has 2 aromatic rings. The van der Waals surface area contributed by atoms with Gasteiger partial charge in [-0.25, -0.2) is 4.98 Å². The number of aromatic nitrogens is 2. The highest BCUT2D eigenvalue weighted by atomic mass is 14.9. The van der Waals surface area contributed by atoms with E-state index in [4.69, 9.17) is 5.26 Å². The van der Waals surface area contributed by atoms with Gasteiger partial charge in [-0.1, -0.05) is 6.07 Å². The van der Waals surface area contributed by atoms with Crippen molar-refractivity contribution in [2.24, 2.45) is 5.41 Å². The Labute approximate surface area is 107 Å². The lowest BCUT2D eigenvalue weighted by Gasteiger charge is -2.15. The summed E-state index contributed by atoms with van der Waals surface area (Å²) >= 11 is 0. The van der Waals surface area contributed by atoms with Crippen molar-refractivity contribution in [3.05, 3.63) is 30.1 Å². The Morgan fingerprint density at radius 3 is 3.06 bits per heavy atom. The normalized spacial score (nSPS) is 11.6. The predicted octanol–water partition coefficient (Wildman–Crippen LogP) is 2.24. The monoisotopic (exact) mass is 242 g/mol. The molecule has 4 nitrogen and oxygen atoms in total. The Hall–Kier alpha value is -1.86. The summed E-state index contributed by atoms with van der Waals surface area (Å²) in [6.07, 6.45) is 2.67. The summed E-state index contributed by atoms with van der Waals surface area (Å²) in [6, 6.07) is 8.54. The molecule has 0 bridgehead atoms. The number of benzene rings is 1. The topological polar surface area (TPSA) is 64.5 Å². The first-order valence-electron chi connectivity index (χ1n) is 6.15. The van der Waals surface area contributed by atoms with Crippen LogP contribution in [0.15, 0.2) is 24.5 Å². The molecule has 2 N–H and O–H groups in total. The van der Waals surface area contributed by atoms with Crippen LogP contribution < -0.4 is 5.32 Å². The molecule has 1 aromatic carbocycles. The van der Waals surface area contributed by atoms with E-state index in [0.29, 0.717) is 0 Å². The number of nitrogens with zero attached hydrogens (tertiary/aromatic N) is 2. The lowest BCUT2D eigenvalue weighted by Crippen LogP contribution is -2.29. The molecule has 0 unspecified atom stereocenters. The fourth-order valence-corrected chi connectivity index (χ4v) is 1.81. The highest BCUT2D eigenvalue weighted by molar-refractivity contribution is 5.75. The Kier molecular flexibility index (Phi) is 3.63. The number of fused-ring (bicyclic) bond motifs is 1.